The lowest BCUT2D eigenvalue weighted by molar-refractivity contribution is -0.116. The summed E-state index contributed by atoms with van der Waals surface area (Å²) < 4.78 is -0.530. The first-order chi connectivity index (χ1) is 4.04. The van der Waals surface area contributed by atoms with Crippen molar-refractivity contribution in [3.05, 3.63) is 0 Å². The molecule has 0 aromatic rings. The van der Waals surface area contributed by atoms with Crippen LogP contribution in [0.2, 0.25) is 0 Å². The fraction of sp³-hybridized carbons (Fsp3) is 0.600. The number of thioether (sulfide) groups is 1. The first-order valence-corrected chi connectivity index (χ1v) is 3.66. The molecule has 1 unspecified atom stereocenters. The summed E-state index contributed by atoms with van der Waals surface area (Å²) in [6, 6.07) is 0. The lowest BCUT2D eigenvalue weighted by atomic mass is 10.3. The fourth-order valence-corrected chi connectivity index (χ4v) is 1.07. The van der Waals surface area contributed by atoms with Crippen LogP contribution in [-0.4, -0.2) is 15.6 Å². The van der Waals surface area contributed by atoms with Gasteiger partial charge in [0.1, 0.15) is 5.78 Å². The van der Waals surface area contributed by atoms with Gasteiger partial charge < -0.3 is 0 Å². The number of halogens is 1. The number of hydrogen-bond donors (Lipinski definition) is 0. The predicted molar refractivity (Wildman–Crippen MR) is 39.0 cm³/mol. The second-order valence-corrected chi connectivity index (χ2v) is 3.49. The standard InChI is InChI=1S/C5H7ClO2S/c1-3(7)4(2)9-5(6)8/h4H,1-2H3. The Hall–Kier alpha value is -0.0200. The summed E-state index contributed by atoms with van der Waals surface area (Å²) in [5.74, 6) is -0.0333. The highest BCUT2D eigenvalue weighted by Crippen LogP contribution is 2.15. The van der Waals surface area contributed by atoms with Crippen molar-refractivity contribution >= 4 is 33.7 Å². The van der Waals surface area contributed by atoms with Crippen LogP contribution in [-0.2, 0) is 4.79 Å². The molecule has 0 saturated carbocycles. The van der Waals surface area contributed by atoms with Crippen molar-refractivity contribution in [3.8, 4) is 0 Å². The van der Waals surface area contributed by atoms with Crippen LogP contribution in [0.25, 0.3) is 0 Å². The molecule has 0 bridgehead atoms. The molecule has 0 aliphatic rings. The Bertz CT molecular complexity index is 135. The molecule has 1 atom stereocenters. The average Bonchev–Trinajstić information content (AvgIpc) is 1.63. The van der Waals surface area contributed by atoms with Crippen molar-refractivity contribution in [1.29, 1.82) is 0 Å². The molecular weight excluding hydrogens is 160 g/mol. The summed E-state index contributed by atoms with van der Waals surface area (Å²) in [6.07, 6.45) is 0. The molecule has 4 heteroatoms. The smallest absolute Gasteiger partial charge is 0.280 e. The van der Waals surface area contributed by atoms with Crippen LogP contribution in [0.4, 0.5) is 4.79 Å². The van der Waals surface area contributed by atoms with Crippen LogP contribution in [0.1, 0.15) is 13.8 Å². The fourth-order valence-electron chi connectivity index (χ4n) is 0.222. The van der Waals surface area contributed by atoms with E-state index in [9.17, 15) is 9.59 Å². The molecule has 0 fully saturated rings. The molecule has 52 valence electrons. The second-order valence-electron chi connectivity index (χ2n) is 1.61. The Morgan fingerprint density at radius 1 is 1.56 bits per heavy atom. The second kappa shape index (κ2) is 3.90. The normalized spacial score (nSPS) is 12.8. The first kappa shape index (κ1) is 8.98. The molecule has 0 N–H and O–H groups in total. The van der Waals surface area contributed by atoms with Crippen molar-refractivity contribution in [2.45, 2.75) is 19.1 Å². The molecular formula is C5H7ClO2S. The van der Waals surface area contributed by atoms with Crippen LogP contribution in [0.15, 0.2) is 0 Å². The summed E-state index contributed by atoms with van der Waals surface area (Å²) in [7, 11) is 0. The van der Waals surface area contributed by atoms with Crippen LogP contribution >= 0.6 is 23.4 Å². The maximum absolute atomic E-state index is 10.4. The molecule has 0 aromatic carbocycles. The Morgan fingerprint density at radius 3 is 2.11 bits per heavy atom. The number of rotatable bonds is 2. The van der Waals surface area contributed by atoms with Gasteiger partial charge in [0.15, 0.2) is 0 Å². The topological polar surface area (TPSA) is 34.1 Å². The first-order valence-electron chi connectivity index (χ1n) is 2.40. The van der Waals surface area contributed by atoms with Gasteiger partial charge in [-0.2, -0.15) is 0 Å². The molecule has 0 heterocycles. The largest absolute Gasteiger partial charge is 0.299 e. The zero-order valence-electron chi connectivity index (χ0n) is 5.18. The van der Waals surface area contributed by atoms with Gasteiger partial charge in [-0.3, -0.25) is 9.59 Å². The van der Waals surface area contributed by atoms with Crippen molar-refractivity contribution in [1.82, 2.24) is 0 Å². The minimum Gasteiger partial charge on any atom is -0.299 e. The maximum atomic E-state index is 10.4. The zero-order valence-corrected chi connectivity index (χ0v) is 6.75. The van der Waals surface area contributed by atoms with Gasteiger partial charge in [0.05, 0.1) is 5.25 Å². The molecule has 0 radical (unpaired) electrons. The maximum Gasteiger partial charge on any atom is 0.280 e. The monoisotopic (exact) mass is 166 g/mol. The van der Waals surface area contributed by atoms with Gasteiger partial charge in [0, 0.05) is 0 Å². The van der Waals surface area contributed by atoms with Crippen molar-refractivity contribution in [2.24, 2.45) is 0 Å². The van der Waals surface area contributed by atoms with E-state index in [0.717, 1.165) is 11.8 Å². The number of carbonyl (C=O) groups excluding carboxylic acids is 2. The lowest BCUT2D eigenvalue weighted by Gasteiger charge is -1.99. The van der Waals surface area contributed by atoms with Crippen molar-refractivity contribution < 1.29 is 9.59 Å². The molecule has 0 aliphatic heterocycles. The van der Waals surface area contributed by atoms with E-state index in [0.29, 0.717) is 0 Å². The van der Waals surface area contributed by atoms with E-state index in [4.69, 9.17) is 11.6 Å². The van der Waals surface area contributed by atoms with Gasteiger partial charge in [-0.25, -0.2) is 0 Å². The summed E-state index contributed by atoms with van der Waals surface area (Å²) in [5.41, 5.74) is 0. The lowest BCUT2D eigenvalue weighted by Crippen LogP contribution is -2.08. The third-order valence-corrected chi connectivity index (χ3v) is 1.98. The van der Waals surface area contributed by atoms with E-state index >= 15 is 0 Å². The number of carbonyl (C=O) groups is 2. The van der Waals surface area contributed by atoms with E-state index in [1.807, 2.05) is 0 Å². The van der Waals surface area contributed by atoms with Gasteiger partial charge in [-0.15, -0.1) is 0 Å². The van der Waals surface area contributed by atoms with E-state index in [-0.39, 0.29) is 11.0 Å². The highest BCUT2D eigenvalue weighted by molar-refractivity contribution is 8.17. The summed E-state index contributed by atoms with van der Waals surface area (Å²) >= 11 is 5.83. The average molecular weight is 167 g/mol. The Balaban J connectivity index is 3.63. The highest BCUT2D eigenvalue weighted by Gasteiger charge is 2.10. The van der Waals surface area contributed by atoms with Gasteiger partial charge in [0.25, 0.3) is 4.57 Å². The zero-order chi connectivity index (χ0) is 7.44. The molecule has 2 nitrogen and oxygen atoms in total. The van der Waals surface area contributed by atoms with Crippen LogP contribution in [0.5, 0.6) is 0 Å². The van der Waals surface area contributed by atoms with Gasteiger partial charge in [-0.05, 0) is 25.4 Å². The minimum atomic E-state index is -0.530. The number of ketones is 1. The van der Waals surface area contributed by atoms with Crippen LogP contribution in [0, 0.1) is 0 Å². The molecule has 0 aliphatic carbocycles. The van der Waals surface area contributed by atoms with E-state index in [2.05, 4.69) is 0 Å². The van der Waals surface area contributed by atoms with E-state index < -0.39 is 4.57 Å². The van der Waals surface area contributed by atoms with E-state index in [1.165, 1.54) is 6.92 Å². The number of Topliss-reactive ketones (excluding diaryl/α,β-unsaturated/α-hetero) is 1. The van der Waals surface area contributed by atoms with Gasteiger partial charge >= 0.3 is 0 Å². The Kier molecular flexibility index (Phi) is 3.89. The van der Waals surface area contributed by atoms with Gasteiger partial charge in [-0.1, -0.05) is 11.8 Å². The molecule has 0 amide bonds. The highest BCUT2D eigenvalue weighted by atomic mass is 35.5. The van der Waals surface area contributed by atoms with Crippen molar-refractivity contribution in [2.75, 3.05) is 0 Å². The summed E-state index contributed by atoms with van der Waals surface area (Å²) in [5, 5.41) is -0.310. The molecule has 9 heavy (non-hydrogen) atoms. The molecule has 0 aromatic heterocycles. The van der Waals surface area contributed by atoms with Crippen LogP contribution in [0.3, 0.4) is 0 Å². The Labute approximate surface area is 62.9 Å². The van der Waals surface area contributed by atoms with Crippen LogP contribution < -0.4 is 0 Å². The third kappa shape index (κ3) is 4.48. The molecule has 0 saturated heterocycles. The summed E-state index contributed by atoms with van der Waals surface area (Å²) in [4.78, 5) is 20.6. The summed E-state index contributed by atoms with van der Waals surface area (Å²) in [6.45, 7) is 3.07. The Morgan fingerprint density at radius 2 is 2.00 bits per heavy atom. The van der Waals surface area contributed by atoms with Gasteiger partial charge in [0.2, 0.25) is 0 Å². The number of hydrogen-bond acceptors (Lipinski definition) is 3. The van der Waals surface area contributed by atoms with E-state index in [1.54, 1.807) is 6.92 Å². The molecule has 0 rings (SSSR count). The predicted octanol–water partition coefficient (Wildman–Crippen LogP) is 2.06. The molecule has 0 spiro atoms. The third-order valence-electron chi connectivity index (χ3n) is 0.842. The minimum absolute atomic E-state index is 0.0333. The SMILES string of the molecule is CC(=O)C(C)SC(=O)Cl. The quantitative estimate of drug-likeness (QED) is 0.589. The van der Waals surface area contributed by atoms with Crippen molar-refractivity contribution in [3.63, 3.8) is 0 Å².